The molecule has 0 saturated carbocycles. The molecule has 0 aromatic carbocycles. The van der Waals surface area contributed by atoms with Gasteiger partial charge in [0, 0.05) is 5.56 Å². The van der Waals surface area contributed by atoms with E-state index in [9.17, 15) is 0 Å². The van der Waals surface area contributed by atoms with Gasteiger partial charge in [0.15, 0.2) is 0 Å². The Kier molecular flexibility index (Phi) is 2.05. The van der Waals surface area contributed by atoms with Crippen LogP contribution in [-0.2, 0) is 0 Å². The van der Waals surface area contributed by atoms with Crippen molar-refractivity contribution >= 4 is 17.4 Å². The van der Waals surface area contributed by atoms with Crippen LogP contribution in [0.2, 0.25) is 5.15 Å². The third-order valence-corrected chi connectivity index (χ3v) is 2.13. The van der Waals surface area contributed by atoms with Crippen LogP contribution in [-0.4, -0.2) is 24.7 Å². The standard InChI is InChI=1S/C7H7ClN6/c1-4-5(8)12-7(13-6(4)9)14-2-10-11-3-14/h2-3H,1H3,(H2,9,12,13). The first-order chi connectivity index (χ1) is 6.68. The molecule has 0 aliphatic heterocycles. The maximum atomic E-state index is 5.85. The van der Waals surface area contributed by atoms with E-state index in [0.29, 0.717) is 22.5 Å². The van der Waals surface area contributed by atoms with Crippen molar-refractivity contribution in [2.45, 2.75) is 6.92 Å². The molecule has 6 nitrogen and oxygen atoms in total. The van der Waals surface area contributed by atoms with Crippen molar-refractivity contribution in [1.82, 2.24) is 24.7 Å². The smallest absolute Gasteiger partial charge is 0.239 e. The Morgan fingerprint density at radius 2 is 1.93 bits per heavy atom. The Balaban J connectivity index is 2.57. The van der Waals surface area contributed by atoms with Gasteiger partial charge in [-0.1, -0.05) is 11.6 Å². The molecule has 0 radical (unpaired) electrons. The average Bonchev–Trinajstić information content (AvgIpc) is 2.66. The quantitative estimate of drug-likeness (QED) is 0.697. The molecule has 0 amide bonds. The zero-order valence-corrected chi connectivity index (χ0v) is 8.10. The molecule has 0 spiro atoms. The van der Waals surface area contributed by atoms with Crippen molar-refractivity contribution in [1.29, 1.82) is 0 Å². The number of rotatable bonds is 1. The highest BCUT2D eigenvalue weighted by molar-refractivity contribution is 6.30. The number of halogens is 1. The summed E-state index contributed by atoms with van der Waals surface area (Å²) in [5.74, 6) is 0.719. The predicted molar refractivity (Wildman–Crippen MR) is 51.1 cm³/mol. The molecule has 14 heavy (non-hydrogen) atoms. The lowest BCUT2D eigenvalue weighted by Gasteiger charge is -2.04. The van der Waals surface area contributed by atoms with E-state index < -0.39 is 0 Å². The predicted octanol–water partition coefficient (Wildman–Crippen LogP) is 0.601. The van der Waals surface area contributed by atoms with Crippen molar-refractivity contribution in [3.05, 3.63) is 23.4 Å². The largest absolute Gasteiger partial charge is 0.383 e. The van der Waals surface area contributed by atoms with Gasteiger partial charge in [-0.2, -0.15) is 9.97 Å². The number of aromatic nitrogens is 5. The highest BCUT2D eigenvalue weighted by Crippen LogP contribution is 2.18. The first kappa shape index (κ1) is 8.89. The van der Waals surface area contributed by atoms with E-state index in [1.165, 1.54) is 17.2 Å². The Hall–Kier alpha value is -1.69. The summed E-state index contributed by atoms with van der Waals surface area (Å²) < 4.78 is 1.53. The fraction of sp³-hybridized carbons (Fsp3) is 0.143. The molecule has 72 valence electrons. The van der Waals surface area contributed by atoms with Crippen molar-refractivity contribution in [3.63, 3.8) is 0 Å². The van der Waals surface area contributed by atoms with Crippen molar-refractivity contribution in [2.75, 3.05) is 5.73 Å². The Bertz CT molecular complexity index is 428. The molecule has 0 saturated heterocycles. The van der Waals surface area contributed by atoms with Crippen LogP contribution in [0.25, 0.3) is 5.95 Å². The second-order valence-corrected chi connectivity index (χ2v) is 3.05. The van der Waals surface area contributed by atoms with Gasteiger partial charge in [0.25, 0.3) is 0 Å². The van der Waals surface area contributed by atoms with Crippen molar-refractivity contribution in [3.8, 4) is 5.95 Å². The lowest BCUT2D eigenvalue weighted by Crippen LogP contribution is -2.04. The second kappa shape index (κ2) is 3.22. The monoisotopic (exact) mass is 210 g/mol. The van der Waals surface area contributed by atoms with E-state index in [1.54, 1.807) is 6.92 Å². The zero-order valence-electron chi connectivity index (χ0n) is 7.35. The van der Waals surface area contributed by atoms with Gasteiger partial charge in [0.2, 0.25) is 5.95 Å². The summed E-state index contributed by atoms with van der Waals surface area (Å²) >= 11 is 5.85. The molecular formula is C7H7ClN6. The molecule has 2 aromatic rings. The lowest BCUT2D eigenvalue weighted by atomic mass is 10.3. The topological polar surface area (TPSA) is 82.5 Å². The minimum atomic E-state index is 0.334. The maximum Gasteiger partial charge on any atom is 0.239 e. The van der Waals surface area contributed by atoms with E-state index in [-0.39, 0.29) is 0 Å². The fourth-order valence-corrected chi connectivity index (χ4v) is 1.09. The minimum Gasteiger partial charge on any atom is -0.383 e. The van der Waals surface area contributed by atoms with Crippen LogP contribution in [0, 0.1) is 6.92 Å². The van der Waals surface area contributed by atoms with Crippen LogP contribution in [0.5, 0.6) is 0 Å². The van der Waals surface area contributed by atoms with Crippen LogP contribution in [0.1, 0.15) is 5.56 Å². The Morgan fingerprint density at radius 1 is 1.29 bits per heavy atom. The van der Waals surface area contributed by atoms with Crippen LogP contribution in [0.4, 0.5) is 5.82 Å². The van der Waals surface area contributed by atoms with Gasteiger partial charge in [0.05, 0.1) is 0 Å². The molecule has 0 aliphatic rings. The summed E-state index contributed by atoms with van der Waals surface area (Å²) in [6.45, 7) is 1.76. The molecule has 2 aromatic heterocycles. The molecule has 2 heterocycles. The molecule has 0 bridgehead atoms. The zero-order chi connectivity index (χ0) is 10.1. The second-order valence-electron chi connectivity index (χ2n) is 2.69. The lowest BCUT2D eigenvalue weighted by molar-refractivity contribution is 0.921. The van der Waals surface area contributed by atoms with Crippen LogP contribution in [0.3, 0.4) is 0 Å². The van der Waals surface area contributed by atoms with E-state index in [1.807, 2.05) is 0 Å². The van der Waals surface area contributed by atoms with Crippen LogP contribution >= 0.6 is 11.6 Å². The van der Waals surface area contributed by atoms with Crippen molar-refractivity contribution < 1.29 is 0 Å². The van der Waals surface area contributed by atoms with E-state index in [4.69, 9.17) is 17.3 Å². The number of nitrogens with two attached hydrogens (primary N) is 1. The van der Waals surface area contributed by atoms with E-state index in [2.05, 4.69) is 20.2 Å². The summed E-state index contributed by atoms with van der Waals surface area (Å²) in [6, 6.07) is 0. The molecular weight excluding hydrogens is 204 g/mol. The van der Waals surface area contributed by atoms with Crippen LogP contribution in [0.15, 0.2) is 12.7 Å². The Labute approximate surface area is 84.8 Å². The van der Waals surface area contributed by atoms with E-state index >= 15 is 0 Å². The Morgan fingerprint density at radius 3 is 2.50 bits per heavy atom. The molecule has 0 fully saturated rings. The van der Waals surface area contributed by atoms with Gasteiger partial charge in [-0.3, -0.25) is 4.57 Å². The first-order valence-corrected chi connectivity index (χ1v) is 4.21. The van der Waals surface area contributed by atoms with Gasteiger partial charge in [-0.25, -0.2) is 0 Å². The summed E-state index contributed by atoms with van der Waals surface area (Å²) in [4.78, 5) is 8.07. The van der Waals surface area contributed by atoms with Crippen LogP contribution < -0.4 is 5.73 Å². The van der Waals surface area contributed by atoms with Crippen molar-refractivity contribution in [2.24, 2.45) is 0 Å². The van der Waals surface area contributed by atoms with Gasteiger partial charge in [0.1, 0.15) is 23.6 Å². The van der Waals surface area contributed by atoms with Gasteiger partial charge >= 0.3 is 0 Å². The molecule has 7 heteroatoms. The first-order valence-electron chi connectivity index (χ1n) is 3.83. The SMILES string of the molecule is Cc1c(N)nc(-n2cnnc2)nc1Cl. The third-order valence-electron chi connectivity index (χ3n) is 1.76. The summed E-state index contributed by atoms with van der Waals surface area (Å²) in [5.41, 5.74) is 6.31. The maximum absolute atomic E-state index is 5.85. The number of hydrogen-bond donors (Lipinski definition) is 1. The summed E-state index contributed by atoms with van der Waals surface area (Å²) in [7, 11) is 0. The third kappa shape index (κ3) is 1.39. The molecule has 0 aliphatic carbocycles. The summed E-state index contributed by atoms with van der Waals surface area (Å²) in [5, 5.41) is 7.59. The minimum absolute atomic E-state index is 0.334. The number of hydrogen-bond acceptors (Lipinski definition) is 5. The number of nitrogens with zero attached hydrogens (tertiary/aromatic N) is 5. The average molecular weight is 211 g/mol. The fourth-order valence-electron chi connectivity index (χ4n) is 0.913. The van der Waals surface area contributed by atoms with E-state index in [0.717, 1.165) is 0 Å². The molecule has 0 unspecified atom stereocenters. The summed E-state index contributed by atoms with van der Waals surface area (Å²) in [6.07, 6.45) is 2.95. The highest BCUT2D eigenvalue weighted by atomic mass is 35.5. The highest BCUT2D eigenvalue weighted by Gasteiger charge is 2.07. The van der Waals surface area contributed by atoms with Gasteiger partial charge < -0.3 is 5.73 Å². The number of nitrogen functional groups attached to an aromatic ring is 1. The molecule has 2 N–H and O–H groups in total. The normalized spacial score (nSPS) is 10.4. The molecule has 0 atom stereocenters. The molecule has 2 rings (SSSR count). The van der Waals surface area contributed by atoms with Gasteiger partial charge in [-0.05, 0) is 6.92 Å². The number of anilines is 1. The van der Waals surface area contributed by atoms with Gasteiger partial charge in [-0.15, -0.1) is 10.2 Å².